The molecule has 0 heterocycles. The van der Waals surface area contributed by atoms with Crippen LogP contribution in [0.3, 0.4) is 0 Å². The maximum absolute atomic E-state index is 11.7. The Kier molecular flexibility index (Phi) is 5.88. The molecule has 0 unspecified atom stereocenters. The first-order valence-electron chi connectivity index (χ1n) is 7.03. The minimum atomic E-state index is -0.474. The summed E-state index contributed by atoms with van der Waals surface area (Å²) < 4.78 is 5.45. The van der Waals surface area contributed by atoms with E-state index in [9.17, 15) is 14.9 Å². The van der Waals surface area contributed by atoms with E-state index in [0.717, 1.165) is 5.75 Å². The zero-order valence-electron chi connectivity index (χ0n) is 12.3. The largest absolute Gasteiger partial charge is 0.492 e. The van der Waals surface area contributed by atoms with Gasteiger partial charge in [-0.15, -0.1) is 0 Å². The van der Waals surface area contributed by atoms with Crippen LogP contribution >= 0.6 is 0 Å². The van der Waals surface area contributed by atoms with Gasteiger partial charge >= 0.3 is 0 Å². The van der Waals surface area contributed by atoms with Crippen molar-refractivity contribution in [2.24, 2.45) is 0 Å². The van der Waals surface area contributed by atoms with Crippen molar-refractivity contribution in [2.75, 3.05) is 13.2 Å². The zero-order chi connectivity index (χ0) is 16.5. The topological polar surface area (TPSA) is 81.5 Å². The van der Waals surface area contributed by atoms with Crippen molar-refractivity contribution >= 4 is 17.7 Å². The summed E-state index contributed by atoms with van der Waals surface area (Å²) >= 11 is 0. The molecule has 6 nitrogen and oxygen atoms in total. The van der Waals surface area contributed by atoms with Gasteiger partial charge < -0.3 is 10.1 Å². The lowest BCUT2D eigenvalue weighted by Gasteiger charge is -2.06. The van der Waals surface area contributed by atoms with Crippen molar-refractivity contribution in [3.05, 3.63) is 76.4 Å². The van der Waals surface area contributed by atoms with Crippen LogP contribution in [-0.2, 0) is 4.79 Å². The van der Waals surface area contributed by atoms with Gasteiger partial charge in [-0.25, -0.2) is 0 Å². The van der Waals surface area contributed by atoms with Crippen LogP contribution in [0, 0.1) is 10.1 Å². The Hall–Kier alpha value is -3.15. The molecule has 0 aliphatic rings. The molecule has 0 aromatic heterocycles. The number of nitro benzene ring substituents is 1. The first-order valence-corrected chi connectivity index (χ1v) is 7.03. The Labute approximate surface area is 133 Å². The van der Waals surface area contributed by atoms with Crippen LogP contribution in [0.4, 0.5) is 5.69 Å². The van der Waals surface area contributed by atoms with Gasteiger partial charge in [-0.2, -0.15) is 0 Å². The Balaban J connectivity index is 1.76. The number of ether oxygens (including phenoxy) is 1. The molecule has 0 bridgehead atoms. The number of non-ortho nitro benzene ring substituents is 1. The summed E-state index contributed by atoms with van der Waals surface area (Å²) in [6.07, 6.45) is 2.86. The van der Waals surface area contributed by atoms with Crippen LogP contribution in [0.25, 0.3) is 6.08 Å². The number of nitro groups is 1. The van der Waals surface area contributed by atoms with Gasteiger partial charge in [0.05, 0.1) is 11.5 Å². The quantitative estimate of drug-likeness (QED) is 0.369. The number of benzene rings is 2. The summed E-state index contributed by atoms with van der Waals surface area (Å²) in [5.74, 6) is 0.460. The van der Waals surface area contributed by atoms with E-state index in [4.69, 9.17) is 4.74 Å². The molecule has 0 fully saturated rings. The van der Waals surface area contributed by atoms with E-state index in [1.54, 1.807) is 12.1 Å². The van der Waals surface area contributed by atoms with Crippen LogP contribution in [0.5, 0.6) is 5.75 Å². The highest BCUT2D eigenvalue weighted by Gasteiger charge is 2.04. The second-order valence-electron chi connectivity index (χ2n) is 4.64. The second-order valence-corrected chi connectivity index (χ2v) is 4.64. The average molecular weight is 312 g/mol. The summed E-state index contributed by atoms with van der Waals surface area (Å²) in [4.78, 5) is 21.9. The van der Waals surface area contributed by atoms with Gasteiger partial charge in [0.2, 0.25) is 5.91 Å². The Morgan fingerprint density at radius 2 is 1.96 bits per heavy atom. The SMILES string of the molecule is O=C(C=Cc1cccc([N+](=O)[O-])c1)NCCOc1ccccc1. The Morgan fingerprint density at radius 1 is 1.17 bits per heavy atom. The molecule has 0 saturated carbocycles. The molecule has 1 N–H and O–H groups in total. The van der Waals surface area contributed by atoms with Crippen molar-refractivity contribution in [3.8, 4) is 5.75 Å². The van der Waals surface area contributed by atoms with Gasteiger partial charge in [0.15, 0.2) is 0 Å². The van der Waals surface area contributed by atoms with Crippen LogP contribution in [0.1, 0.15) is 5.56 Å². The minimum Gasteiger partial charge on any atom is -0.492 e. The van der Waals surface area contributed by atoms with E-state index in [0.29, 0.717) is 18.7 Å². The first-order chi connectivity index (χ1) is 11.1. The fourth-order valence-corrected chi connectivity index (χ4v) is 1.83. The third kappa shape index (κ3) is 5.62. The smallest absolute Gasteiger partial charge is 0.270 e. The number of amides is 1. The standard InChI is InChI=1S/C17H16N2O4/c20-17(18-11-12-23-16-7-2-1-3-8-16)10-9-14-5-4-6-15(13-14)19(21)22/h1-10,13H,11-12H2,(H,18,20). The summed E-state index contributed by atoms with van der Waals surface area (Å²) in [7, 11) is 0. The molecular formula is C17H16N2O4. The molecule has 2 aromatic rings. The maximum atomic E-state index is 11.7. The molecule has 2 rings (SSSR count). The number of nitrogens with one attached hydrogen (secondary N) is 1. The number of rotatable bonds is 7. The summed E-state index contributed by atoms with van der Waals surface area (Å²) in [5.41, 5.74) is 0.582. The molecular weight excluding hydrogens is 296 g/mol. The number of carbonyl (C=O) groups is 1. The maximum Gasteiger partial charge on any atom is 0.270 e. The molecule has 2 aromatic carbocycles. The monoisotopic (exact) mass is 312 g/mol. The molecule has 0 radical (unpaired) electrons. The van der Waals surface area contributed by atoms with Crippen LogP contribution in [0.2, 0.25) is 0 Å². The lowest BCUT2D eigenvalue weighted by molar-refractivity contribution is -0.384. The van der Waals surface area contributed by atoms with E-state index in [1.165, 1.54) is 24.3 Å². The summed E-state index contributed by atoms with van der Waals surface area (Å²) in [5, 5.41) is 13.3. The lowest BCUT2D eigenvalue weighted by Crippen LogP contribution is -2.26. The van der Waals surface area contributed by atoms with Gasteiger partial charge in [0.25, 0.3) is 5.69 Å². The number of hydrogen-bond acceptors (Lipinski definition) is 4. The molecule has 0 aliphatic carbocycles. The third-order valence-electron chi connectivity index (χ3n) is 2.92. The van der Waals surface area contributed by atoms with Gasteiger partial charge in [-0.1, -0.05) is 30.3 Å². The normalized spacial score (nSPS) is 10.4. The number of carbonyl (C=O) groups excluding carboxylic acids is 1. The van der Waals surface area contributed by atoms with E-state index >= 15 is 0 Å². The second kappa shape index (κ2) is 8.33. The highest BCUT2D eigenvalue weighted by Crippen LogP contribution is 2.14. The van der Waals surface area contributed by atoms with Gasteiger partial charge in [-0.3, -0.25) is 14.9 Å². The van der Waals surface area contributed by atoms with Crippen molar-refractivity contribution in [1.82, 2.24) is 5.32 Å². The molecule has 0 spiro atoms. The molecule has 0 aliphatic heterocycles. The van der Waals surface area contributed by atoms with Crippen molar-refractivity contribution in [1.29, 1.82) is 0 Å². The number of para-hydroxylation sites is 1. The lowest BCUT2D eigenvalue weighted by atomic mass is 10.2. The summed E-state index contributed by atoms with van der Waals surface area (Å²) in [6, 6.07) is 15.4. The molecule has 0 saturated heterocycles. The van der Waals surface area contributed by atoms with E-state index in [2.05, 4.69) is 5.32 Å². The van der Waals surface area contributed by atoms with Crippen LogP contribution in [0.15, 0.2) is 60.7 Å². The predicted octanol–water partition coefficient (Wildman–Crippen LogP) is 2.80. The third-order valence-corrected chi connectivity index (χ3v) is 2.92. The first kappa shape index (κ1) is 16.2. The fourth-order valence-electron chi connectivity index (χ4n) is 1.83. The Morgan fingerprint density at radius 3 is 2.70 bits per heavy atom. The fraction of sp³-hybridized carbons (Fsp3) is 0.118. The van der Waals surface area contributed by atoms with Crippen LogP contribution < -0.4 is 10.1 Å². The van der Waals surface area contributed by atoms with Gasteiger partial charge in [-0.05, 0) is 23.8 Å². The molecule has 23 heavy (non-hydrogen) atoms. The molecule has 6 heteroatoms. The van der Waals surface area contributed by atoms with Gasteiger partial charge in [0, 0.05) is 18.2 Å². The van der Waals surface area contributed by atoms with Crippen molar-refractivity contribution in [2.45, 2.75) is 0 Å². The minimum absolute atomic E-state index is 0.0104. The van der Waals surface area contributed by atoms with Crippen LogP contribution in [-0.4, -0.2) is 24.0 Å². The highest BCUT2D eigenvalue weighted by atomic mass is 16.6. The predicted molar refractivity (Wildman–Crippen MR) is 87.1 cm³/mol. The van der Waals surface area contributed by atoms with Gasteiger partial charge in [0.1, 0.15) is 12.4 Å². The molecule has 118 valence electrons. The number of hydrogen-bond donors (Lipinski definition) is 1. The van der Waals surface area contributed by atoms with Crippen molar-refractivity contribution in [3.63, 3.8) is 0 Å². The summed E-state index contributed by atoms with van der Waals surface area (Å²) in [6.45, 7) is 0.730. The van der Waals surface area contributed by atoms with E-state index in [1.807, 2.05) is 30.3 Å². The number of nitrogens with zero attached hydrogens (tertiary/aromatic N) is 1. The molecule has 0 atom stereocenters. The zero-order valence-corrected chi connectivity index (χ0v) is 12.3. The van der Waals surface area contributed by atoms with Crippen molar-refractivity contribution < 1.29 is 14.5 Å². The van der Waals surface area contributed by atoms with E-state index < -0.39 is 4.92 Å². The van der Waals surface area contributed by atoms with E-state index in [-0.39, 0.29) is 11.6 Å². The molecule has 1 amide bonds. The highest BCUT2D eigenvalue weighted by molar-refractivity contribution is 5.91. The Bertz CT molecular complexity index is 699. The average Bonchev–Trinajstić information content (AvgIpc) is 2.58.